The molecule has 0 aliphatic heterocycles. The van der Waals surface area contributed by atoms with Crippen LogP contribution in [0.15, 0.2) is 50.5 Å². The van der Waals surface area contributed by atoms with Crippen molar-refractivity contribution in [3.8, 4) is 11.5 Å². The monoisotopic (exact) mass is 188 g/mol. The summed E-state index contributed by atoms with van der Waals surface area (Å²) < 4.78 is 10.3. The van der Waals surface area contributed by atoms with Crippen LogP contribution in [0, 0.1) is 0 Å². The van der Waals surface area contributed by atoms with Crippen LogP contribution in [0.3, 0.4) is 0 Å². The fourth-order valence-corrected chi connectivity index (χ4v) is 1.05. The van der Waals surface area contributed by atoms with Gasteiger partial charge in [0.05, 0.1) is 12.5 Å². The molecular weight excluding hydrogens is 176 g/mol. The van der Waals surface area contributed by atoms with E-state index in [1.165, 1.54) is 12.5 Å². The van der Waals surface area contributed by atoms with Crippen molar-refractivity contribution >= 4 is 6.08 Å². The van der Waals surface area contributed by atoms with Gasteiger partial charge < -0.3 is 9.47 Å². The summed E-state index contributed by atoms with van der Waals surface area (Å²) in [5.41, 5.74) is 0.851. The van der Waals surface area contributed by atoms with Gasteiger partial charge in [-0.1, -0.05) is 25.8 Å². The van der Waals surface area contributed by atoms with Crippen molar-refractivity contribution in [1.82, 2.24) is 0 Å². The van der Waals surface area contributed by atoms with E-state index in [2.05, 4.69) is 19.7 Å². The topological polar surface area (TPSA) is 18.5 Å². The lowest BCUT2D eigenvalue weighted by atomic mass is 10.2. The molecule has 1 aromatic carbocycles. The van der Waals surface area contributed by atoms with E-state index >= 15 is 0 Å². The fraction of sp³-hybridized carbons (Fsp3) is 0. The Morgan fingerprint density at radius 3 is 2.29 bits per heavy atom. The summed E-state index contributed by atoms with van der Waals surface area (Å²) in [7, 11) is 0. The van der Waals surface area contributed by atoms with E-state index < -0.39 is 0 Å². The first-order valence-electron chi connectivity index (χ1n) is 4.13. The molecule has 2 nitrogen and oxygen atoms in total. The Labute approximate surface area is 83.8 Å². The van der Waals surface area contributed by atoms with Gasteiger partial charge in [-0.3, -0.25) is 0 Å². The predicted octanol–water partition coefficient (Wildman–Crippen LogP) is 3.37. The maximum absolute atomic E-state index is 5.17. The van der Waals surface area contributed by atoms with E-state index in [1.807, 2.05) is 6.07 Å². The van der Waals surface area contributed by atoms with Crippen molar-refractivity contribution < 1.29 is 9.47 Å². The standard InChI is InChI=1S/C12H12O2/c1-4-10-9-11(13-5-2)7-8-12(10)14-6-3/h4-9H,1-3H2. The molecule has 0 fully saturated rings. The van der Waals surface area contributed by atoms with Gasteiger partial charge in [-0.15, -0.1) is 0 Å². The first-order chi connectivity index (χ1) is 6.81. The molecule has 0 spiro atoms. The SMILES string of the molecule is C=COc1ccc(OC=C)c(C=C)c1. The minimum Gasteiger partial charge on any atom is -0.466 e. The molecular formula is C12H12O2. The van der Waals surface area contributed by atoms with E-state index in [0.717, 1.165) is 5.56 Å². The maximum Gasteiger partial charge on any atom is 0.133 e. The highest BCUT2D eigenvalue weighted by molar-refractivity contribution is 5.58. The molecule has 0 N–H and O–H groups in total. The van der Waals surface area contributed by atoms with E-state index in [1.54, 1.807) is 18.2 Å². The highest BCUT2D eigenvalue weighted by atomic mass is 16.5. The van der Waals surface area contributed by atoms with Crippen molar-refractivity contribution in [3.05, 3.63) is 56.0 Å². The minimum atomic E-state index is 0.700. The van der Waals surface area contributed by atoms with E-state index in [-0.39, 0.29) is 0 Å². The lowest BCUT2D eigenvalue weighted by Gasteiger charge is -2.06. The number of hydrogen-bond acceptors (Lipinski definition) is 2. The van der Waals surface area contributed by atoms with Gasteiger partial charge in [0, 0.05) is 5.56 Å². The Hall–Kier alpha value is -1.96. The summed E-state index contributed by atoms with van der Waals surface area (Å²) in [4.78, 5) is 0. The van der Waals surface area contributed by atoms with E-state index in [0.29, 0.717) is 11.5 Å². The summed E-state index contributed by atoms with van der Waals surface area (Å²) in [5, 5.41) is 0. The zero-order valence-electron chi connectivity index (χ0n) is 7.90. The summed E-state index contributed by atoms with van der Waals surface area (Å²) in [5.74, 6) is 1.40. The van der Waals surface area contributed by atoms with Crippen LogP contribution >= 0.6 is 0 Å². The van der Waals surface area contributed by atoms with Gasteiger partial charge in [0.25, 0.3) is 0 Å². The van der Waals surface area contributed by atoms with Gasteiger partial charge in [-0.05, 0) is 18.2 Å². The second-order valence-electron chi connectivity index (χ2n) is 2.47. The summed E-state index contributed by atoms with van der Waals surface area (Å²) in [6.45, 7) is 10.6. The molecule has 0 radical (unpaired) electrons. The Kier molecular flexibility index (Phi) is 3.56. The van der Waals surface area contributed by atoms with Crippen LogP contribution < -0.4 is 9.47 Å². The van der Waals surface area contributed by atoms with Crippen molar-refractivity contribution in [2.75, 3.05) is 0 Å². The first-order valence-corrected chi connectivity index (χ1v) is 4.13. The molecule has 1 rings (SSSR count). The summed E-state index contributed by atoms with van der Waals surface area (Å²) in [6, 6.07) is 5.39. The molecule has 72 valence electrons. The first kappa shape index (κ1) is 10.1. The lowest BCUT2D eigenvalue weighted by molar-refractivity contribution is 0.469. The molecule has 0 amide bonds. The van der Waals surface area contributed by atoms with Crippen LogP contribution in [0.25, 0.3) is 6.08 Å². The molecule has 0 aliphatic carbocycles. The highest BCUT2D eigenvalue weighted by Crippen LogP contribution is 2.25. The Bertz CT molecular complexity index is 353. The van der Waals surface area contributed by atoms with Crippen LogP contribution in [0.5, 0.6) is 11.5 Å². The molecule has 0 aromatic heterocycles. The number of rotatable bonds is 5. The normalized spacial score (nSPS) is 8.86. The minimum absolute atomic E-state index is 0.700. The Morgan fingerprint density at radius 2 is 1.71 bits per heavy atom. The van der Waals surface area contributed by atoms with Gasteiger partial charge >= 0.3 is 0 Å². The van der Waals surface area contributed by atoms with Crippen molar-refractivity contribution in [3.63, 3.8) is 0 Å². The molecule has 0 heterocycles. The van der Waals surface area contributed by atoms with Gasteiger partial charge in [-0.25, -0.2) is 0 Å². The fourth-order valence-electron chi connectivity index (χ4n) is 1.05. The van der Waals surface area contributed by atoms with Gasteiger partial charge in [0.1, 0.15) is 11.5 Å². The average molecular weight is 188 g/mol. The van der Waals surface area contributed by atoms with E-state index in [4.69, 9.17) is 9.47 Å². The second-order valence-corrected chi connectivity index (χ2v) is 2.47. The van der Waals surface area contributed by atoms with Crippen LogP contribution in [-0.4, -0.2) is 0 Å². The molecule has 0 aliphatic rings. The van der Waals surface area contributed by atoms with Gasteiger partial charge in [0.15, 0.2) is 0 Å². The zero-order chi connectivity index (χ0) is 10.4. The Balaban J connectivity index is 3.03. The summed E-state index contributed by atoms with van der Waals surface area (Å²) >= 11 is 0. The molecule has 0 unspecified atom stereocenters. The average Bonchev–Trinajstić information content (AvgIpc) is 2.21. The zero-order valence-corrected chi connectivity index (χ0v) is 7.90. The lowest BCUT2D eigenvalue weighted by Crippen LogP contribution is -1.87. The smallest absolute Gasteiger partial charge is 0.133 e. The van der Waals surface area contributed by atoms with Crippen LogP contribution in [0.2, 0.25) is 0 Å². The second kappa shape index (κ2) is 4.92. The van der Waals surface area contributed by atoms with Crippen LogP contribution in [0.4, 0.5) is 0 Å². The quantitative estimate of drug-likeness (QED) is 0.659. The highest BCUT2D eigenvalue weighted by Gasteiger charge is 2.01. The molecule has 0 atom stereocenters. The third-order valence-electron chi connectivity index (χ3n) is 1.63. The number of benzene rings is 1. The third-order valence-corrected chi connectivity index (χ3v) is 1.63. The molecule has 2 heteroatoms. The van der Waals surface area contributed by atoms with Gasteiger partial charge in [-0.2, -0.15) is 0 Å². The van der Waals surface area contributed by atoms with Crippen LogP contribution in [0.1, 0.15) is 5.56 Å². The number of hydrogen-bond donors (Lipinski definition) is 0. The summed E-state index contributed by atoms with van der Waals surface area (Å²) in [6.07, 6.45) is 4.43. The van der Waals surface area contributed by atoms with Crippen molar-refractivity contribution in [2.24, 2.45) is 0 Å². The Morgan fingerprint density at radius 1 is 1.00 bits per heavy atom. The van der Waals surface area contributed by atoms with Crippen molar-refractivity contribution in [2.45, 2.75) is 0 Å². The van der Waals surface area contributed by atoms with Gasteiger partial charge in [0.2, 0.25) is 0 Å². The maximum atomic E-state index is 5.17. The van der Waals surface area contributed by atoms with Crippen molar-refractivity contribution in [1.29, 1.82) is 0 Å². The molecule has 0 saturated carbocycles. The van der Waals surface area contributed by atoms with E-state index in [9.17, 15) is 0 Å². The molecule has 14 heavy (non-hydrogen) atoms. The van der Waals surface area contributed by atoms with Crippen LogP contribution in [-0.2, 0) is 0 Å². The molecule has 0 bridgehead atoms. The molecule has 0 saturated heterocycles. The molecule has 1 aromatic rings. The predicted molar refractivity (Wildman–Crippen MR) is 58.2 cm³/mol. The largest absolute Gasteiger partial charge is 0.466 e. The third kappa shape index (κ3) is 2.26. The number of ether oxygens (including phenoxy) is 2.